The maximum absolute atomic E-state index is 12.6. The van der Waals surface area contributed by atoms with Gasteiger partial charge >= 0.3 is 0 Å². The third-order valence-electron chi connectivity index (χ3n) is 4.32. The van der Waals surface area contributed by atoms with E-state index >= 15 is 0 Å². The van der Waals surface area contributed by atoms with Crippen LogP contribution in [0, 0.1) is 0 Å². The molecule has 1 aliphatic heterocycles. The van der Waals surface area contributed by atoms with Gasteiger partial charge in [-0.25, -0.2) is 0 Å². The summed E-state index contributed by atoms with van der Waals surface area (Å²) in [6, 6.07) is 10.8. The minimum Gasteiger partial charge on any atom is -0.508 e. The van der Waals surface area contributed by atoms with Gasteiger partial charge in [-0.05, 0) is 30.3 Å². The van der Waals surface area contributed by atoms with E-state index in [0.29, 0.717) is 37.5 Å². The fraction of sp³-hybridized carbons (Fsp3) is 0.263. The van der Waals surface area contributed by atoms with Gasteiger partial charge in [0.15, 0.2) is 0 Å². The number of piperazine rings is 1. The lowest BCUT2D eigenvalue weighted by Crippen LogP contribution is -2.50. The molecule has 3 rings (SSSR count). The lowest BCUT2D eigenvalue weighted by molar-refractivity contribution is 0.0535. The SMILES string of the molecule is COc1cccc(C(=O)N2CCN(C(=O)c3cc(O)cc(O)c3)CC2)c1. The van der Waals surface area contributed by atoms with Crippen molar-refractivity contribution >= 4 is 11.8 Å². The average Bonchev–Trinajstić information content (AvgIpc) is 2.66. The lowest BCUT2D eigenvalue weighted by atomic mass is 10.1. The zero-order valence-corrected chi connectivity index (χ0v) is 14.4. The van der Waals surface area contributed by atoms with Crippen molar-refractivity contribution in [2.45, 2.75) is 0 Å². The second-order valence-electron chi connectivity index (χ2n) is 6.05. The van der Waals surface area contributed by atoms with E-state index in [1.807, 2.05) is 0 Å². The van der Waals surface area contributed by atoms with E-state index in [4.69, 9.17) is 4.74 Å². The first-order valence-electron chi connectivity index (χ1n) is 8.23. The molecule has 1 saturated heterocycles. The van der Waals surface area contributed by atoms with E-state index in [9.17, 15) is 19.8 Å². The minimum atomic E-state index is -0.287. The van der Waals surface area contributed by atoms with Crippen LogP contribution in [0.15, 0.2) is 42.5 Å². The highest BCUT2D eigenvalue weighted by molar-refractivity contribution is 5.96. The number of phenols is 2. The Labute approximate surface area is 151 Å². The summed E-state index contributed by atoms with van der Waals surface area (Å²) >= 11 is 0. The highest BCUT2D eigenvalue weighted by Gasteiger charge is 2.26. The summed E-state index contributed by atoms with van der Waals surface area (Å²) in [5.41, 5.74) is 0.761. The molecule has 0 atom stereocenters. The van der Waals surface area contributed by atoms with Crippen molar-refractivity contribution in [3.05, 3.63) is 53.6 Å². The summed E-state index contributed by atoms with van der Waals surface area (Å²) in [4.78, 5) is 28.4. The zero-order valence-electron chi connectivity index (χ0n) is 14.4. The molecule has 7 heteroatoms. The van der Waals surface area contributed by atoms with Crippen molar-refractivity contribution in [1.29, 1.82) is 0 Å². The van der Waals surface area contributed by atoms with Gasteiger partial charge in [-0.2, -0.15) is 0 Å². The molecule has 1 heterocycles. The van der Waals surface area contributed by atoms with E-state index in [-0.39, 0.29) is 28.9 Å². The molecule has 7 nitrogen and oxygen atoms in total. The molecule has 0 unspecified atom stereocenters. The molecule has 2 amide bonds. The molecule has 0 aromatic heterocycles. The Balaban J connectivity index is 1.65. The fourth-order valence-corrected chi connectivity index (χ4v) is 2.95. The van der Waals surface area contributed by atoms with Crippen LogP contribution in [0.2, 0.25) is 0 Å². The Morgan fingerprint density at radius 3 is 1.92 bits per heavy atom. The summed E-state index contributed by atoms with van der Waals surface area (Å²) in [5.74, 6) is -0.107. The highest BCUT2D eigenvalue weighted by atomic mass is 16.5. The Morgan fingerprint density at radius 2 is 1.38 bits per heavy atom. The first-order chi connectivity index (χ1) is 12.5. The summed E-state index contributed by atoms with van der Waals surface area (Å²) < 4.78 is 5.14. The molecule has 0 bridgehead atoms. The second kappa shape index (κ2) is 7.35. The van der Waals surface area contributed by atoms with Crippen LogP contribution in [0.3, 0.4) is 0 Å². The standard InChI is InChI=1S/C19H20N2O5/c1-26-17-4-2-3-13(11-17)18(24)20-5-7-21(8-6-20)19(25)14-9-15(22)12-16(23)10-14/h2-4,9-12,22-23H,5-8H2,1H3. The summed E-state index contributed by atoms with van der Waals surface area (Å²) in [5, 5.41) is 19.1. The Kier molecular flexibility index (Phi) is 4.97. The summed E-state index contributed by atoms with van der Waals surface area (Å²) in [6.45, 7) is 1.58. The number of hydrogen-bond donors (Lipinski definition) is 2. The van der Waals surface area contributed by atoms with Gasteiger partial charge in [-0.1, -0.05) is 6.07 Å². The molecular formula is C19H20N2O5. The van der Waals surface area contributed by atoms with Crippen molar-refractivity contribution < 1.29 is 24.5 Å². The van der Waals surface area contributed by atoms with E-state index in [1.165, 1.54) is 18.2 Å². The van der Waals surface area contributed by atoms with Gasteiger partial charge in [-0.3, -0.25) is 9.59 Å². The highest BCUT2D eigenvalue weighted by Crippen LogP contribution is 2.22. The number of amides is 2. The van der Waals surface area contributed by atoms with Gasteiger partial charge in [0.2, 0.25) is 0 Å². The number of methoxy groups -OCH3 is 1. The van der Waals surface area contributed by atoms with Crippen LogP contribution in [0.1, 0.15) is 20.7 Å². The Morgan fingerprint density at radius 1 is 0.846 bits per heavy atom. The van der Waals surface area contributed by atoms with Crippen LogP contribution in [0.25, 0.3) is 0 Å². The predicted molar refractivity (Wildman–Crippen MR) is 94.6 cm³/mol. The zero-order chi connectivity index (χ0) is 18.7. The molecule has 136 valence electrons. The molecular weight excluding hydrogens is 336 g/mol. The number of rotatable bonds is 3. The summed E-state index contributed by atoms with van der Waals surface area (Å²) in [7, 11) is 1.55. The topological polar surface area (TPSA) is 90.3 Å². The maximum Gasteiger partial charge on any atom is 0.254 e. The van der Waals surface area contributed by atoms with E-state index in [1.54, 1.807) is 41.2 Å². The molecule has 26 heavy (non-hydrogen) atoms. The van der Waals surface area contributed by atoms with E-state index in [2.05, 4.69) is 0 Å². The van der Waals surface area contributed by atoms with Crippen LogP contribution in [-0.4, -0.2) is 65.1 Å². The largest absolute Gasteiger partial charge is 0.508 e. The molecule has 1 fully saturated rings. The van der Waals surface area contributed by atoms with Crippen molar-refractivity contribution in [1.82, 2.24) is 9.80 Å². The molecule has 0 saturated carbocycles. The first kappa shape index (κ1) is 17.6. The lowest BCUT2D eigenvalue weighted by Gasteiger charge is -2.35. The van der Waals surface area contributed by atoms with Gasteiger partial charge in [0, 0.05) is 43.4 Å². The second-order valence-corrected chi connectivity index (χ2v) is 6.05. The number of carbonyl (C=O) groups is 2. The number of carbonyl (C=O) groups excluding carboxylic acids is 2. The molecule has 2 aromatic rings. The quantitative estimate of drug-likeness (QED) is 0.874. The van der Waals surface area contributed by atoms with Crippen molar-refractivity contribution in [2.24, 2.45) is 0 Å². The van der Waals surface area contributed by atoms with E-state index in [0.717, 1.165) is 0 Å². The normalized spacial score (nSPS) is 14.2. The summed E-state index contributed by atoms with van der Waals surface area (Å²) in [6.07, 6.45) is 0. The average molecular weight is 356 g/mol. The molecule has 0 radical (unpaired) electrons. The number of aromatic hydroxyl groups is 2. The molecule has 0 spiro atoms. The van der Waals surface area contributed by atoms with Gasteiger partial charge in [0.1, 0.15) is 17.2 Å². The Bertz CT molecular complexity index is 808. The van der Waals surface area contributed by atoms with Gasteiger partial charge < -0.3 is 24.7 Å². The minimum absolute atomic E-state index is 0.106. The van der Waals surface area contributed by atoms with Crippen LogP contribution in [0.4, 0.5) is 0 Å². The van der Waals surface area contributed by atoms with Crippen molar-refractivity contribution in [3.8, 4) is 17.2 Å². The third kappa shape index (κ3) is 3.72. The van der Waals surface area contributed by atoms with Crippen LogP contribution < -0.4 is 4.74 Å². The smallest absolute Gasteiger partial charge is 0.254 e. The number of benzene rings is 2. The monoisotopic (exact) mass is 356 g/mol. The fourth-order valence-electron chi connectivity index (χ4n) is 2.95. The van der Waals surface area contributed by atoms with Gasteiger partial charge in [0.25, 0.3) is 11.8 Å². The molecule has 2 N–H and O–H groups in total. The van der Waals surface area contributed by atoms with Crippen molar-refractivity contribution in [3.63, 3.8) is 0 Å². The Hall–Kier alpha value is -3.22. The maximum atomic E-state index is 12.6. The van der Waals surface area contributed by atoms with Crippen LogP contribution >= 0.6 is 0 Å². The van der Waals surface area contributed by atoms with Crippen LogP contribution in [-0.2, 0) is 0 Å². The van der Waals surface area contributed by atoms with Gasteiger partial charge in [-0.15, -0.1) is 0 Å². The molecule has 0 aliphatic carbocycles. The van der Waals surface area contributed by atoms with E-state index < -0.39 is 0 Å². The third-order valence-corrected chi connectivity index (χ3v) is 4.32. The predicted octanol–water partition coefficient (Wildman–Crippen LogP) is 1.70. The number of nitrogens with zero attached hydrogens (tertiary/aromatic N) is 2. The number of ether oxygens (including phenoxy) is 1. The molecule has 2 aromatic carbocycles. The van der Waals surface area contributed by atoms with Crippen LogP contribution in [0.5, 0.6) is 17.2 Å². The molecule has 1 aliphatic rings. The van der Waals surface area contributed by atoms with Crippen molar-refractivity contribution in [2.75, 3.05) is 33.3 Å². The number of phenolic OH excluding ortho intramolecular Hbond substituents is 2. The number of hydrogen-bond acceptors (Lipinski definition) is 5. The van der Waals surface area contributed by atoms with Gasteiger partial charge in [0.05, 0.1) is 7.11 Å². The first-order valence-corrected chi connectivity index (χ1v) is 8.23.